The Kier molecular flexibility index (Phi) is 4.94. The third-order valence-electron chi connectivity index (χ3n) is 2.95. The standard InChI is InChI=1S/C15H17FN2O3/c1-10(9-13(19)14-7-4-8-21-14)17-15(20)18-12-6-3-2-5-11(12)16/h2-8,10,13,19H,9H2,1H3,(H2,17,18,20). The minimum atomic E-state index is -0.802. The number of para-hydroxylation sites is 1. The van der Waals surface area contributed by atoms with Gasteiger partial charge in [-0.25, -0.2) is 9.18 Å². The van der Waals surface area contributed by atoms with Gasteiger partial charge in [0.1, 0.15) is 17.7 Å². The number of hydrogen-bond acceptors (Lipinski definition) is 3. The maximum Gasteiger partial charge on any atom is 0.319 e. The summed E-state index contributed by atoms with van der Waals surface area (Å²) < 4.78 is 18.5. The van der Waals surface area contributed by atoms with Gasteiger partial charge in [0.2, 0.25) is 0 Å². The van der Waals surface area contributed by atoms with E-state index in [0.717, 1.165) is 0 Å². The Hall–Kier alpha value is -2.34. The highest BCUT2D eigenvalue weighted by Crippen LogP contribution is 2.18. The van der Waals surface area contributed by atoms with Gasteiger partial charge in [0.15, 0.2) is 0 Å². The lowest BCUT2D eigenvalue weighted by molar-refractivity contribution is 0.130. The summed E-state index contributed by atoms with van der Waals surface area (Å²) in [4.78, 5) is 11.7. The minimum Gasteiger partial charge on any atom is -0.467 e. The number of aliphatic hydroxyl groups excluding tert-OH is 1. The molecular formula is C15H17FN2O3. The largest absolute Gasteiger partial charge is 0.467 e. The monoisotopic (exact) mass is 292 g/mol. The minimum absolute atomic E-state index is 0.105. The van der Waals surface area contributed by atoms with Crippen molar-refractivity contribution >= 4 is 11.7 Å². The van der Waals surface area contributed by atoms with Gasteiger partial charge in [-0.2, -0.15) is 0 Å². The zero-order chi connectivity index (χ0) is 15.2. The molecule has 6 heteroatoms. The second kappa shape index (κ2) is 6.90. The second-order valence-corrected chi connectivity index (χ2v) is 4.75. The fourth-order valence-corrected chi connectivity index (χ4v) is 1.94. The highest BCUT2D eigenvalue weighted by Gasteiger charge is 2.16. The predicted octanol–water partition coefficient (Wildman–Crippen LogP) is 3.05. The van der Waals surface area contributed by atoms with E-state index >= 15 is 0 Å². The zero-order valence-electron chi connectivity index (χ0n) is 11.5. The lowest BCUT2D eigenvalue weighted by atomic mass is 10.1. The van der Waals surface area contributed by atoms with Crippen molar-refractivity contribution in [2.24, 2.45) is 0 Å². The molecule has 112 valence electrons. The predicted molar refractivity (Wildman–Crippen MR) is 76.3 cm³/mol. The van der Waals surface area contributed by atoms with Crippen LogP contribution in [0.2, 0.25) is 0 Å². The van der Waals surface area contributed by atoms with E-state index in [0.29, 0.717) is 5.76 Å². The van der Waals surface area contributed by atoms with Crippen LogP contribution in [0.3, 0.4) is 0 Å². The first-order valence-corrected chi connectivity index (χ1v) is 6.60. The SMILES string of the molecule is CC(CC(O)c1ccco1)NC(=O)Nc1ccccc1F. The quantitative estimate of drug-likeness (QED) is 0.793. The molecule has 1 heterocycles. The van der Waals surface area contributed by atoms with Gasteiger partial charge in [0.25, 0.3) is 0 Å². The third-order valence-corrected chi connectivity index (χ3v) is 2.95. The van der Waals surface area contributed by atoms with Crippen LogP contribution in [0.4, 0.5) is 14.9 Å². The van der Waals surface area contributed by atoms with Crippen LogP contribution >= 0.6 is 0 Å². The summed E-state index contributed by atoms with van der Waals surface area (Å²) in [7, 11) is 0. The van der Waals surface area contributed by atoms with E-state index in [4.69, 9.17) is 4.42 Å². The van der Waals surface area contributed by atoms with E-state index in [1.54, 1.807) is 31.2 Å². The van der Waals surface area contributed by atoms with Crippen LogP contribution in [0.5, 0.6) is 0 Å². The van der Waals surface area contributed by atoms with E-state index < -0.39 is 18.0 Å². The molecule has 21 heavy (non-hydrogen) atoms. The Morgan fingerprint density at radius 1 is 1.33 bits per heavy atom. The molecule has 2 aromatic rings. The molecule has 0 bridgehead atoms. The summed E-state index contributed by atoms with van der Waals surface area (Å²) in [6.45, 7) is 1.74. The van der Waals surface area contributed by atoms with Crippen LogP contribution in [-0.2, 0) is 0 Å². The van der Waals surface area contributed by atoms with E-state index in [9.17, 15) is 14.3 Å². The highest BCUT2D eigenvalue weighted by molar-refractivity contribution is 5.89. The fraction of sp³-hybridized carbons (Fsp3) is 0.267. The van der Waals surface area contributed by atoms with E-state index in [-0.39, 0.29) is 18.2 Å². The molecule has 3 N–H and O–H groups in total. The lowest BCUT2D eigenvalue weighted by Crippen LogP contribution is -2.37. The molecule has 1 aromatic carbocycles. The molecule has 0 fully saturated rings. The van der Waals surface area contributed by atoms with Crippen LogP contribution in [0.15, 0.2) is 47.1 Å². The molecule has 0 spiro atoms. The first-order chi connectivity index (χ1) is 10.1. The molecule has 2 unspecified atom stereocenters. The number of amides is 2. The molecule has 2 atom stereocenters. The van der Waals surface area contributed by atoms with Crippen LogP contribution in [0.1, 0.15) is 25.2 Å². The number of furan rings is 1. The fourth-order valence-electron chi connectivity index (χ4n) is 1.94. The number of carbonyl (C=O) groups excluding carboxylic acids is 1. The molecule has 0 saturated carbocycles. The summed E-state index contributed by atoms with van der Waals surface area (Å²) in [6.07, 6.45) is 0.962. The van der Waals surface area contributed by atoms with Crippen LogP contribution < -0.4 is 10.6 Å². The summed E-state index contributed by atoms with van der Waals surface area (Å²) >= 11 is 0. The number of benzene rings is 1. The highest BCUT2D eigenvalue weighted by atomic mass is 19.1. The van der Waals surface area contributed by atoms with Crippen molar-refractivity contribution < 1.29 is 18.7 Å². The van der Waals surface area contributed by atoms with E-state index in [1.807, 2.05) is 0 Å². The number of urea groups is 1. The Balaban J connectivity index is 1.83. The van der Waals surface area contributed by atoms with Crippen molar-refractivity contribution in [2.45, 2.75) is 25.5 Å². The molecular weight excluding hydrogens is 275 g/mol. The van der Waals surface area contributed by atoms with E-state index in [1.165, 1.54) is 18.4 Å². The number of halogens is 1. The van der Waals surface area contributed by atoms with Gasteiger partial charge < -0.3 is 20.2 Å². The molecule has 0 radical (unpaired) electrons. The van der Waals surface area contributed by atoms with Crippen molar-refractivity contribution in [3.05, 3.63) is 54.2 Å². The normalized spacial score (nSPS) is 13.5. The van der Waals surface area contributed by atoms with Crippen molar-refractivity contribution in [3.63, 3.8) is 0 Å². The molecule has 5 nitrogen and oxygen atoms in total. The second-order valence-electron chi connectivity index (χ2n) is 4.75. The Bertz CT molecular complexity index is 586. The molecule has 0 aliphatic rings. The molecule has 2 rings (SSSR count). The molecule has 1 aromatic heterocycles. The van der Waals surface area contributed by atoms with Gasteiger partial charge in [-0.15, -0.1) is 0 Å². The van der Waals surface area contributed by atoms with Gasteiger partial charge >= 0.3 is 6.03 Å². The molecule has 0 aliphatic heterocycles. The maximum absolute atomic E-state index is 13.4. The van der Waals surface area contributed by atoms with Crippen molar-refractivity contribution in [1.82, 2.24) is 5.32 Å². The average Bonchev–Trinajstić information content (AvgIpc) is 2.95. The third kappa shape index (κ3) is 4.32. The van der Waals surface area contributed by atoms with Gasteiger partial charge in [-0.1, -0.05) is 12.1 Å². The molecule has 2 amide bonds. The number of hydrogen-bond donors (Lipinski definition) is 3. The zero-order valence-corrected chi connectivity index (χ0v) is 11.5. The number of carbonyl (C=O) groups is 1. The maximum atomic E-state index is 13.4. The number of aliphatic hydroxyl groups is 1. The summed E-state index contributed by atoms with van der Waals surface area (Å²) in [5, 5.41) is 15.0. The van der Waals surface area contributed by atoms with Crippen LogP contribution in [0.25, 0.3) is 0 Å². The topological polar surface area (TPSA) is 74.5 Å². The summed E-state index contributed by atoms with van der Waals surface area (Å²) in [6, 6.07) is 8.41. The van der Waals surface area contributed by atoms with Gasteiger partial charge in [0.05, 0.1) is 12.0 Å². The lowest BCUT2D eigenvalue weighted by Gasteiger charge is -2.17. The number of anilines is 1. The van der Waals surface area contributed by atoms with Gasteiger partial charge in [-0.3, -0.25) is 0 Å². The van der Waals surface area contributed by atoms with Crippen molar-refractivity contribution in [1.29, 1.82) is 0 Å². The number of rotatable bonds is 5. The molecule has 0 aliphatic carbocycles. The first kappa shape index (κ1) is 15.1. The van der Waals surface area contributed by atoms with Crippen molar-refractivity contribution in [2.75, 3.05) is 5.32 Å². The first-order valence-electron chi connectivity index (χ1n) is 6.60. The van der Waals surface area contributed by atoms with Crippen LogP contribution in [-0.4, -0.2) is 17.2 Å². The van der Waals surface area contributed by atoms with Gasteiger partial charge in [-0.05, 0) is 31.2 Å². The molecule has 0 saturated heterocycles. The Morgan fingerprint density at radius 3 is 2.76 bits per heavy atom. The average molecular weight is 292 g/mol. The summed E-state index contributed by atoms with van der Waals surface area (Å²) in [5.74, 6) is -0.0610. The smallest absolute Gasteiger partial charge is 0.319 e. The van der Waals surface area contributed by atoms with Crippen molar-refractivity contribution in [3.8, 4) is 0 Å². The Labute approximate surface area is 121 Å². The van der Waals surface area contributed by atoms with Crippen LogP contribution in [0, 0.1) is 5.82 Å². The number of nitrogens with one attached hydrogen (secondary N) is 2. The summed E-state index contributed by atoms with van der Waals surface area (Å²) in [5.41, 5.74) is 0.105. The Morgan fingerprint density at radius 2 is 2.10 bits per heavy atom. The van der Waals surface area contributed by atoms with E-state index in [2.05, 4.69) is 10.6 Å². The van der Waals surface area contributed by atoms with Gasteiger partial charge in [0, 0.05) is 12.5 Å².